The number of hydrogen-bond acceptors (Lipinski definition) is 4. The summed E-state index contributed by atoms with van der Waals surface area (Å²) in [5.74, 6) is 0.447. The number of amides is 1. The molecule has 0 aromatic heterocycles. The lowest BCUT2D eigenvalue weighted by Crippen LogP contribution is -2.51. The molecule has 0 spiro atoms. The molecule has 1 aliphatic heterocycles. The van der Waals surface area contributed by atoms with Gasteiger partial charge in [0, 0.05) is 31.3 Å². The van der Waals surface area contributed by atoms with E-state index < -0.39 is 9.84 Å². The molecule has 17 heavy (non-hydrogen) atoms. The third kappa shape index (κ3) is 4.27. The van der Waals surface area contributed by atoms with E-state index in [1.165, 1.54) is 0 Å². The molecule has 6 heteroatoms. The Hall–Kier alpha value is -0.620. The van der Waals surface area contributed by atoms with Crippen LogP contribution in [0.1, 0.15) is 26.7 Å². The first-order valence-corrected chi connectivity index (χ1v) is 7.91. The lowest BCUT2D eigenvalue weighted by molar-refractivity contribution is -0.135. The van der Waals surface area contributed by atoms with E-state index in [0.717, 1.165) is 0 Å². The van der Waals surface area contributed by atoms with Crippen LogP contribution >= 0.6 is 0 Å². The van der Waals surface area contributed by atoms with Gasteiger partial charge in [-0.3, -0.25) is 4.79 Å². The Labute approximate surface area is 103 Å². The molecular formula is C11H22N2O3S. The first-order valence-electron chi connectivity index (χ1n) is 6.09. The van der Waals surface area contributed by atoms with Crippen LogP contribution in [0.3, 0.4) is 0 Å². The molecule has 1 heterocycles. The van der Waals surface area contributed by atoms with E-state index in [-0.39, 0.29) is 35.9 Å². The number of sulfone groups is 1. The summed E-state index contributed by atoms with van der Waals surface area (Å²) in [5.41, 5.74) is 5.89. The Balaban J connectivity index is 2.49. The predicted molar refractivity (Wildman–Crippen MR) is 67.3 cm³/mol. The van der Waals surface area contributed by atoms with Crippen LogP contribution in [0.2, 0.25) is 0 Å². The quantitative estimate of drug-likeness (QED) is 0.756. The summed E-state index contributed by atoms with van der Waals surface area (Å²) in [6, 6.07) is -0.0402. The highest BCUT2D eigenvalue weighted by atomic mass is 32.2. The zero-order valence-corrected chi connectivity index (χ0v) is 11.4. The van der Waals surface area contributed by atoms with Crippen molar-refractivity contribution in [2.24, 2.45) is 11.7 Å². The van der Waals surface area contributed by atoms with Crippen LogP contribution in [0.5, 0.6) is 0 Å². The number of piperidine rings is 1. The number of likely N-dealkylation sites (tertiary alicyclic amines) is 1. The van der Waals surface area contributed by atoms with Gasteiger partial charge in [0.05, 0.1) is 5.75 Å². The highest BCUT2D eigenvalue weighted by molar-refractivity contribution is 7.91. The van der Waals surface area contributed by atoms with Crippen molar-refractivity contribution >= 4 is 15.7 Å². The monoisotopic (exact) mass is 262 g/mol. The lowest BCUT2D eigenvalue weighted by Gasteiger charge is -2.34. The van der Waals surface area contributed by atoms with Gasteiger partial charge in [-0.05, 0) is 12.3 Å². The maximum Gasteiger partial charge on any atom is 0.222 e. The molecule has 0 aromatic carbocycles. The van der Waals surface area contributed by atoms with Gasteiger partial charge in [-0.15, -0.1) is 0 Å². The van der Waals surface area contributed by atoms with Crippen LogP contribution in [0.15, 0.2) is 0 Å². The fraction of sp³-hybridized carbons (Fsp3) is 0.909. The maximum absolute atomic E-state index is 11.7. The summed E-state index contributed by atoms with van der Waals surface area (Å²) in [7, 11) is -3.02. The van der Waals surface area contributed by atoms with Crippen LogP contribution in [0.25, 0.3) is 0 Å². The normalized spacial score (nSPS) is 26.3. The van der Waals surface area contributed by atoms with Gasteiger partial charge in [0.15, 0.2) is 9.84 Å². The molecule has 1 rings (SSSR count). The van der Waals surface area contributed by atoms with E-state index in [1.807, 2.05) is 13.8 Å². The summed E-state index contributed by atoms with van der Waals surface area (Å²) < 4.78 is 23.1. The molecule has 2 N–H and O–H groups in total. The topological polar surface area (TPSA) is 80.5 Å². The van der Waals surface area contributed by atoms with E-state index in [4.69, 9.17) is 5.73 Å². The van der Waals surface area contributed by atoms with Crippen molar-refractivity contribution in [1.29, 1.82) is 0 Å². The van der Waals surface area contributed by atoms with Crippen molar-refractivity contribution in [2.45, 2.75) is 32.7 Å². The van der Waals surface area contributed by atoms with E-state index in [0.29, 0.717) is 19.4 Å². The van der Waals surface area contributed by atoms with Gasteiger partial charge in [-0.2, -0.15) is 0 Å². The van der Waals surface area contributed by atoms with Gasteiger partial charge >= 0.3 is 0 Å². The number of hydrogen-bond donors (Lipinski definition) is 1. The van der Waals surface area contributed by atoms with Crippen molar-refractivity contribution in [2.75, 3.05) is 24.6 Å². The zero-order chi connectivity index (χ0) is 13.1. The lowest BCUT2D eigenvalue weighted by atomic mass is 9.94. The molecule has 0 saturated carbocycles. The maximum atomic E-state index is 11.7. The van der Waals surface area contributed by atoms with Crippen molar-refractivity contribution in [3.05, 3.63) is 0 Å². The highest BCUT2D eigenvalue weighted by Gasteiger charge is 2.29. The van der Waals surface area contributed by atoms with Gasteiger partial charge in [-0.1, -0.05) is 13.8 Å². The molecule has 5 nitrogen and oxygen atoms in total. The second-order valence-electron chi connectivity index (χ2n) is 4.84. The van der Waals surface area contributed by atoms with Gasteiger partial charge in [-0.25, -0.2) is 8.42 Å². The van der Waals surface area contributed by atoms with Gasteiger partial charge in [0.25, 0.3) is 0 Å². The molecule has 1 fully saturated rings. The molecule has 0 aliphatic carbocycles. The van der Waals surface area contributed by atoms with Gasteiger partial charge < -0.3 is 10.6 Å². The Bertz CT molecular complexity index is 367. The summed E-state index contributed by atoms with van der Waals surface area (Å²) in [6.07, 6.45) is 1.04. The Morgan fingerprint density at radius 1 is 1.41 bits per heavy atom. The van der Waals surface area contributed by atoms with Crippen molar-refractivity contribution in [3.8, 4) is 0 Å². The average molecular weight is 262 g/mol. The molecule has 1 amide bonds. The van der Waals surface area contributed by atoms with E-state index >= 15 is 0 Å². The van der Waals surface area contributed by atoms with E-state index in [9.17, 15) is 13.2 Å². The molecule has 2 atom stereocenters. The Morgan fingerprint density at radius 2 is 2.06 bits per heavy atom. The number of nitrogens with two attached hydrogens (primary N) is 1. The molecule has 0 aromatic rings. The van der Waals surface area contributed by atoms with Crippen molar-refractivity contribution < 1.29 is 13.2 Å². The standard InChI is InChI=1S/C11H22N2O3S/c1-3-5-17(15,16)6-4-13-8-10(12)9(2)7-11(13)14/h9-10H,3-8,12H2,1-2H3. The highest BCUT2D eigenvalue weighted by Crippen LogP contribution is 2.16. The molecule has 0 radical (unpaired) electrons. The molecule has 1 saturated heterocycles. The van der Waals surface area contributed by atoms with Crippen LogP contribution < -0.4 is 5.73 Å². The zero-order valence-electron chi connectivity index (χ0n) is 10.6. The van der Waals surface area contributed by atoms with Crippen LogP contribution in [-0.4, -0.2) is 49.9 Å². The Kier molecular flexibility index (Phi) is 4.94. The number of carbonyl (C=O) groups is 1. The summed E-state index contributed by atoms with van der Waals surface area (Å²) in [4.78, 5) is 13.3. The van der Waals surface area contributed by atoms with Crippen LogP contribution in [-0.2, 0) is 14.6 Å². The molecule has 1 aliphatic rings. The van der Waals surface area contributed by atoms with Gasteiger partial charge in [0.1, 0.15) is 0 Å². The predicted octanol–water partition coefficient (Wildman–Crippen LogP) is 0.00690. The minimum atomic E-state index is -3.02. The third-order valence-electron chi connectivity index (χ3n) is 3.20. The third-order valence-corrected chi connectivity index (χ3v) is 5.03. The first-order chi connectivity index (χ1) is 7.85. The largest absolute Gasteiger partial charge is 0.340 e. The fourth-order valence-electron chi connectivity index (χ4n) is 1.97. The summed E-state index contributed by atoms with van der Waals surface area (Å²) in [5, 5.41) is 0. The molecular weight excluding hydrogens is 240 g/mol. The van der Waals surface area contributed by atoms with Crippen molar-refractivity contribution in [3.63, 3.8) is 0 Å². The fourth-order valence-corrected chi connectivity index (χ4v) is 3.30. The minimum absolute atomic E-state index is 0.0194. The van der Waals surface area contributed by atoms with E-state index in [2.05, 4.69) is 0 Å². The van der Waals surface area contributed by atoms with Crippen molar-refractivity contribution in [1.82, 2.24) is 4.90 Å². The first kappa shape index (κ1) is 14.4. The second-order valence-corrected chi connectivity index (χ2v) is 7.14. The average Bonchev–Trinajstić information content (AvgIpc) is 2.21. The molecule has 2 unspecified atom stereocenters. The van der Waals surface area contributed by atoms with Crippen LogP contribution in [0.4, 0.5) is 0 Å². The van der Waals surface area contributed by atoms with E-state index in [1.54, 1.807) is 4.90 Å². The number of rotatable bonds is 5. The number of carbonyl (C=O) groups excluding carboxylic acids is 1. The summed E-state index contributed by atoms with van der Waals surface area (Å²) >= 11 is 0. The van der Waals surface area contributed by atoms with Gasteiger partial charge in [0.2, 0.25) is 5.91 Å². The Morgan fingerprint density at radius 3 is 2.65 bits per heavy atom. The minimum Gasteiger partial charge on any atom is -0.340 e. The SMILES string of the molecule is CCCS(=O)(=O)CCN1CC(N)C(C)CC1=O. The van der Waals surface area contributed by atoms with Crippen LogP contribution in [0, 0.1) is 5.92 Å². The number of nitrogens with zero attached hydrogens (tertiary/aromatic N) is 1. The molecule has 100 valence electrons. The second kappa shape index (κ2) is 5.82. The summed E-state index contributed by atoms with van der Waals surface area (Å²) in [6.45, 7) is 4.54. The smallest absolute Gasteiger partial charge is 0.222 e. The molecule has 0 bridgehead atoms.